The molecule has 1 amide bonds. The van der Waals surface area contributed by atoms with Crippen LogP contribution in [0.1, 0.15) is 48.9 Å². The molecule has 1 aromatic carbocycles. The monoisotopic (exact) mass is 280 g/mol. The van der Waals surface area contributed by atoms with E-state index in [1.807, 2.05) is 0 Å². The topological polar surface area (TPSA) is 61.7 Å². The summed E-state index contributed by atoms with van der Waals surface area (Å²) in [7, 11) is 0. The summed E-state index contributed by atoms with van der Waals surface area (Å²) in [6, 6.07) is 4.39. The predicted octanol–water partition coefficient (Wildman–Crippen LogP) is 3.49. The third-order valence-electron chi connectivity index (χ3n) is 3.20. The molecule has 2 rings (SSSR count). The maximum Gasteiger partial charge on any atom is 0.275 e. The Labute approximate surface area is 117 Å². The normalized spacial score (nSPS) is 15.7. The summed E-state index contributed by atoms with van der Waals surface area (Å²) < 4.78 is 0. The average Bonchev–Trinajstić information content (AvgIpc) is 2.64. The molecule has 0 saturated heterocycles. The van der Waals surface area contributed by atoms with Crippen LogP contribution in [0.3, 0.4) is 0 Å². The number of carbonyl (C=O) groups is 1. The molecule has 1 aliphatic rings. The minimum absolute atomic E-state index is 0.133. The molecular weight excluding hydrogens is 264 g/mol. The second kappa shape index (κ2) is 6.57. The van der Waals surface area contributed by atoms with Gasteiger partial charge in [-0.25, -0.2) is 5.43 Å². The van der Waals surface area contributed by atoms with Gasteiger partial charge in [0.25, 0.3) is 5.91 Å². The van der Waals surface area contributed by atoms with Gasteiger partial charge in [-0.1, -0.05) is 24.4 Å². The zero-order chi connectivity index (χ0) is 13.7. The van der Waals surface area contributed by atoms with Gasteiger partial charge in [-0.15, -0.1) is 0 Å². The van der Waals surface area contributed by atoms with Gasteiger partial charge in [0.15, 0.2) is 0 Å². The molecule has 0 aromatic heterocycles. The van der Waals surface area contributed by atoms with Crippen molar-refractivity contribution in [2.45, 2.75) is 38.5 Å². The van der Waals surface area contributed by atoms with Crippen LogP contribution in [0.2, 0.25) is 5.02 Å². The summed E-state index contributed by atoms with van der Waals surface area (Å²) in [6.07, 6.45) is 6.58. The highest BCUT2D eigenvalue weighted by Gasteiger charge is 2.12. The van der Waals surface area contributed by atoms with Gasteiger partial charge in [-0.2, -0.15) is 5.10 Å². The van der Waals surface area contributed by atoms with E-state index in [4.69, 9.17) is 11.6 Å². The van der Waals surface area contributed by atoms with Crippen LogP contribution in [0.5, 0.6) is 5.75 Å². The van der Waals surface area contributed by atoms with E-state index in [1.165, 1.54) is 25.0 Å². The first-order valence-corrected chi connectivity index (χ1v) is 6.89. The molecule has 1 aliphatic carbocycles. The standard InChI is InChI=1S/C14H17ClN2O2/c15-10-7-8-12(13(18)9-10)14(19)17-16-11-5-3-1-2-4-6-11/h7-9,18H,1-6H2,(H,17,19). The molecule has 0 atom stereocenters. The van der Waals surface area contributed by atoms with Crippen molar-refractivity contribution in [2.75, 3.05) is 0 Å². The van der Waals surface area contributed by atoms with E-state index in [9.17, 15) is 9.90 Å². The molecule has 0 radical (unpaired) electrons. The molecule has 0 aliphatic heterocycles. The van der Waals surface area contributed by atoms with Gasteiger partial charge < -0.3 is 5.11 Å². The Morgan fingerprint density at radius 3 is 2.53 bits per heavy atom. The predicted molar refractivity (Wildman–Crippen MR) is 75.7 cm³/mol. The van der Waals surface area contributed by atoms with Crippen LogP contribution >= 0.6 is 11.6 Å². The highest BCUT2D eigenvalue weighted by Crippen LogP contribution is 2.21. The summed E-state index contributed by atoms with van der Waals surface area (Å²) in [4.78, 5) is 11.9. The van der Waals surface area contributed by atoms with Crippen molar-refractivity contribution >= 4 is 23.2 Å². The van der Waals surface area contributed by atoms with E-state index in [2.05, 4.69) is 10.5 Å². The Morgan fingerprint density at radius 2 is 1.89 bits per heavy atom. The molecule has 2 N–H and O–H groups in total. The fourth-order valence-corrected chi connectivity index (χ4v) is 2.30. The lowest BCUT2D eigenvalue weighted by atomic mass is 10.2. The average molecular weight is 281 g/mol. The molecular formula is C14H17ClN2O2. The van der Waals surface area contributed by atoms with Crippen molar-refractivity contribution < 1.29 is 9.90 Å². The van der Waals surface area contributed by atoms with Crippen LogP contribution in [0, 0.1) is 0 Å². The number of hydrogen-bond acceptors (Lipinski definition) is 3. The van der Waals surface area contributed by atoms with Crippen molar-refractivity contribution in [3.63, 3.8) is 0 Å². The summed E-state index contributed by atoms with van der Waals surface area (Å²) in [5.41, 5.74) is 3.71. The van der Waals surface area contributed by atoms with E-state index in [0.29, 0.717) is 5.02 Å². The molecule has 1 aromatic rings. The molecule has 1 fully saturated rings. The molecule has 1 saturated carbocycles. The van der Waals surface area contributed by atoms with Crippen LogP contribution in [0.15, 0.2) is 23.3 Å². The van der Waals surface area contributed by atoms with E-state index in [0.717, 1.165) is 31.4 Å². The van der Waals surface area contributed by atoms with Crippen LogP contribution in [-0.2, 0) is 0 Å². The van der Waals surface area contributed by atoms with Crippen LogP contribution in [-0.4, -0.2) is 16.7 Å². The number of phenols is 1. The molecule has 0 bridgehead atoms. The van der Waals surface area contributed by atoms with E-state index in [1.54, 1.807) is 6.07 Å². The summed E-state index contributed by atoms with van der Waals surface area (Å²) in [5.74, 6) is -0.544. The summed E-state index contributed by atoms with van der Waals surface area (Å²) >= 11 is 5.72. The molecule has 19 heavy (non-hydrogen) atoms. The van der Waals surface area contributed by atoms with E-state index >= 15 is 0 Å². The number of carbonyl (C=O) groups excluding carboxylic acids is 1. The zero-order valence-corrected chi connectivity index (χ0v) is 11.4. The minimum Gasteiger partial charge on any atom is -0.507 e. The second-order valence-electron chi connectivity index (χ2n) is 4.69. The summed E-state index contributed by atoms with van der Waals surface area (Å²) in [5, 5.41) is 14.2. The van der Waals surface area contributed by atoms with Gasteiger partial charge >= 0.3 is 0 Å². The van der Waals surface area contributed by atoms with Crippen molar-refractivity contribution in [1.82, 2.24) is 5.43 Å². The molecule has 0 unspecified atom stereocenters. The van der Waals surface area contributed by atoms with Gasteiger partial charge in [0, 0.05) is 10.7 Å². The number of rotatable bonds is 2. The smallest absolute Gasteiger partial charge is 0.275 e. The van der Waals surface area contributed by atoms with Crippen molar-refractivity contribution in [3.05, 3.63) is 28.8 Å². The lowest BCUT2D eigenvalue weighted by Crippen LogP contribution is -2.19. The Balaban J connectivity index is 2.02. The number of amides is 1. The fraction of sp³-hybridized carbons (Fsp3) is 0.429. The van der Waals surface area contributed by atoms with E-state index in [-0.39, 0.29) is 11.3 Å². The van der Waals surface area contributed by atoms with Gasteiger partial charge in [0.1, 0.15) is 5.75 Å². The first-order valence-electron chi connectivity index (χ1n) is 6.51. The van der Waals surface area contributed by atoms with Gasteiger partial charge in [0.05, 0.1) is 5.56 Å². The third-order valence-corrected chi connectivity index (χ3v) is 3.44. The number of benzene rings is 1. The van der Waals surface area contributed by atoms with Gasteiger partial charge in [-0.3, -0.25) is 4.79 Å². The number of halogens is 1. The molecule has 0 spiro atoms. The molecule has 5 heteroatoms. The van der Waals surface area contributed by atoms with Crippen molar-refractivity contribution in [2.24, 2.45) is 5.10 Å². The maximum atomic E-state index is 11.9. The van der Waals surface area contributed by atoms with Crippen LogP contribution in [0.25, 0.3) is 0 Å². The van der Waals surface area contributed by atoms with Crippen LogP contribution in [0.4, 0.5) is 0 Å². The SMILES string of the molecule is O=C(NN=C1CCCCCC1)c1ccc(Cl)cc1O. The van der Waals surface area contributed by atoms with Crippen molar-refractivity contribution in [1.29, 1.82) is 0 Å². The Bertz CT molecular complexity index is 490. The minimum atomic E-state index is -0.411. The Morgan fingerprint density at radius 1 is 1.21 bits per heavy atom. The third kappa shape index (κ3) is 3.96. The Hall–Kier alpha value is -1.55. The quantitative estimate of drug-likeness (QED) is 0.643. The highest BCUT2D eigenvalue weighted by atomic mass is 35.5. The lowest BCUT2D eigenvalue weighted by molar-refractivity contribution is 0.0952. The number of aromatic hydroxyl groups is 1. The molecule has 0 heterocycles. The zero-order valence-electron chi connectivity index (χ0n) is 10.7. The number of phenolic OH excluding ortho intramolecular Hbond substituents is 1. The molecule has 4 nitrogen and oxygen atoms in total. The van der Waals surface area contributed by atoms with Crippen LogP contribution < -0.4 is 5.43 Å². The number of nitrogens with zero attached hydrogens (tertiary/aromatic N) is 1. The van der Waals surface area contributed by atoms with Gasteiger partial charge in [0.2, 0.25) is 0 Å². The highest BCUT2D eigenvalue weighted by molar-refractivity contribution is 6.30. The number of nitrogens with one attached hydrogen (secondary N) is 1. The maximum absolute atomic E-state index is 11.9. The number of hydrogen-bond donors (Lipinski definition) is 2. The molecule has 102 valence electrons. The fourth-order valence-electron chi connectivity index (χ4n) is 2.14. The largest absolute Gasteiger partial charge is 0.507 e. The number of hydrazone groups is 1. The Kier molecular flexibility index (Phi) is 4.80. The van der Waals surface area contributed by atoms with Crippen molar-refractivity contribution in [3.8, 4) is 5.75 Å². The lowest BCUT2D eigenvalue weighted by Gasteiger charge is -2.05. The second-order valence-corrected chi connectivity index (χ2v) is 5.13. The van der Waals surface area contributed by atoms with E-state index < -0.39 is 5.91 Å². The first kappa shape index (κ1) is 13.9. The first-order chi connectivity index (χ1) is 9.16. The van der Waals surface area contributed by atoms with Gasteiger partial charge in [-0.05, 0) is 43.9 Å². The summed E-state index contributed by atoms with van der Waals surface area (Å²) in [6.45, 7) is 0.